The highest BCUT2D eigenvalue weighted by Crippen LogP contribution is 2.25. The van der Waals surface area contributed by atoms with Gasteiger partial charge in [0, 0.05) is 45.0 Å². The SMILES string of the molecule is CCN(CC)S(=O)(=O)c1ccc(Cl)c(C(=O)N2CCN(c3ccccc3)CC2)c1. The van der Waals surface area contributed by atoms with E-state index in [0.29, 0.717) is 39.3 Å². The van der Waals surface area contributed by atoms with E-state index in [0.717, 1.165) is 5.69 Å². The molecule has 0 unspecified atom stereocenters. The maximum Gasteiger partial charge on any atom is 0.255 e. The molecule has 0 radical (unpaired) electrons. The number of carbonyl (C=O) groups is 1. The molecule has 8 heteroatoms. The van der Waals surface area contributed by atoms with E-state index in [2.05, 4.69) is 17.0 Å². The summed E-state index contributed by atoms with van der Waals surface area (Å²) >= 11 is 6.27. The molecule has 0 saturated carbocycles. The average molecular weight is 436 g/mol. The molecular weight excluding hydrogens is 410 g/mol. The lowest BCUT2D eigenvalue weighted by atomic mass is 10.1. The van der Waals surface area contributed by atoms with Gasteiger partial charge in [0.1, 0.15) is 0 Å². The molecule has 0 aromatic heterocycles. The summed E-state index contributed by atoms with van der Waals surface area (Å²) in [7, 11) is -3.65. The second kappa shape index (κ2) is 9.15. The third kappa shape index (κ3) is 4.57. The molecule has 1 amide bonds. The minimum Gasteiger partial charge on any atom is -0.368 e. The Balaban J connectivity index is 1.78. The van der Waals surface area contributed by atoms with Crippen molar-refractivity contribution in [2.24, 2.45) is 0 Å². The Morgan fingerprint density at radius 1 is 1.00 bits per heavy atom. The van der Waals surface area contributed by atoms with Crippen LogP contribution in [0.1, 0.15) is 24.2 Å². The first-order valence-corrected chi connectivity index (χ1v) is 11.6. The van der Waals surface area contributed by atoms with E-state index in [4.69, 9.17) is 11.6 Å². The fourth-order valence-electron chi connectivity index (χ4n) is 3.52. The van der Waals surface area contributed by atoms with Crippen molar-refractivity contribution in [3.8, 4) is 0 Å². The lowest BCUT2D eigenvalue weighted by Crippen LogP contribution is -2.48. The predicted molar refractivity (Wildman–Crippen MR) is 116 cm³/mol. The van der Waals surface area contributed by atoms with Gasteiger partial charge in [0.2, 0.25) is 10.0 Å². The van der Waals surface area contributed by atoms with Gasteiger partial charge in [-0.25, -0.2) is 8.42 Å². The molecule has 1 aliphatic heterocycles. The first-order valence-electron chi connectivity index (χ1n) is 9.77. The Kier molecular flexibility index (Phi) is 6.82. The second-order valence-corrected chi connectivity index (χ2v) is 9.19. The Hall–Kier alpha value is -2.09. The van der Waals surface area contributed by atoms with Gasteiger partial charge >= 0.3 is 0 Å². The van der Waals surface area contributed by atoms with E-state index >= 15 is 0 Å². The fourth-order valence-corrected chi connectivity index (χ4v) is 5.20. The van der Waals surface area contributed by atoms with Crippen molar-refractivity contribution in [3.63, 3.8) is 0 Å². The van der Waals surface area contributed by atoms with Crippen molar-refractivity contribution in [1.82, 2.24) is 9.21 Å². The van der Waals surface area contributed by atoms with Gasteiger partial charge in [-0.05, 0) is 30.3 Å². The summed E-state index contributed by atoms with van der Waals surface area (Å²) in [6.07, 6.45) is 0. The standard InChI is InChI=1S/C21H26ClN3O3S/c1-3-25(4-2)29(27,28)18-10-11-20(22)19(16-18)21(26)24-14-12-23(13-15-24)17-8-6-5-7-9-17/h5-11,16H,3-4,12-15H2,1-2H3. The van der Waals surface area contributed by atoms with Crippen LogP contribution in [-0.4, -0.2) is 62.8 Å². The van der Waals surface area contributed by atoms with Crippen molar-refractivity contribution < 1.29 is 13.2 Å². The van der Waals surface area contributed by atoms with E-state index in [1.165, 1.54) is 22.5 Å². The first-order chi connectivity index (χ1) is 13.9. The first kappa shape index (κ1) is 21.6. The Bertz CT molecular complexity index is 954. The lowest BCUT2D eigenvalue weighted by molar-refractivity contribution is 0.0746. The average Bonchev–Trinajstić information content (AvgIpc) is 2.75. The number of halogens is 1. The zero-order valence-electron chi connectivity index (χ0n) is 16.7. The van der Waals surface area contributed by atoms with E-state index < -0.39 is 10.0 Å². The van der Waals surface area contributed by atoms with Gasteiger partial charge in [0.25, 0.3) is 5.91 Å². The molecule has 0 atom stereocenters. The van der Waals surface area contributed by atoms with Crippen LogP contribution >= 0.6 is 11.6 Å². The predicted octanol–water partition coefficient (Wildman–Crippen LogP) is 3.33. The summed E-state index contributed by atoms with van der Waals surface area (Å²) in [6, 6.07) is 14.4. The van der Waals surface area contributed by atoms with E-state index in [-0.39, 0.29) is 21.4 Å². The number of rotatable bonds is 6. The largest absolute Gasteiger partial charge is 0.368 e. The molecule has 156 valence electrons. The van der Waals surface area contributed by atoms with Gasteiger partial charge in [-0.1, -0.05) is 43.6 Å². The summed E-state index contributed by atoms with van der Waals surface area (Å²) < 4.78 is 27.0. The maximum atomic E-state index is 13.1. The third-order valence-electron chi connectivity index (χ3n) is 5.20. The molecular formula is C21H26ClN3O3S. The Morgan fingerprint density at radius 2 is 1.62 bits per heavy atom. The molecule has 0 aliphatic carbocycles. The van der Waals surface area contributed by atoms with Crippen molar-refractivity contribution >= 4 is 33.2 Å². The van der Waals surface area contributed by atoms with Gasteiger partial charge in [0.15, 0.2) is 0 Å². The number of nitrogens with zero attached hydrogens (tertiary/aromatic N) is 3. The highest BCUT2D eigenvalue weighted by molar-refractivity contribution is 7.89. The Morgan fingerprint density at radius 3 is 2.21 bits per heavy atom. The smallest absolute Gasteiger partial charge is 0.255 e. The van der Waals surface area contributed by atoms with Crippen LogP contribution in [0.5, 0.6) is 0 Å². The van der Waals surface area contributed by atoms with Crippen molar-refractivity contribution in [2.75, 3.05) is 44.2 Å². The number of anilines is 1. The van der Waals surface area contributed by atoms with Crippen LogP contribution in [0, 0.1) is 0 Å². The maximum absolute atomic E-state index is 13.1. The highest BCUT2D eigenvalue weighted by Gasteiger charge is 2.27. The summed E-state index contributed by atoms with van der Waals surface area (Å²) in [5, 5.41) is 0.263. The normalized spacial score (nSPS) is 15.0. The van der Waals surface area contributed by atoms with Crippen molar-refractivity contribution in [3.05, 3.63) is 59.1 Å². The van der Waals surface area contributed by atoms with Crippen LogP contribution in [-0.2, 0) is 10.0 Å². The van der Waals surface area contributed by atoms with Gasteiger partial charge in [-0.2, -0.15) is 4.31 Å². The number of sulfonamides is 1. The highest BCUT2D eigenvalue weighted by atomic mass is 35.5. The second-order valence-electron chi connectivity index (χ2n) is 6.85. The molecule has 1 heterocycles. The number of piperazine rings is 1. The topological polar surface area (TPSA) is 60.9 Å². The van der Waals surface area contributed by atoms with Gasteiger partial charge in [-0.15, -0.1) is 0 Å². The van der Waals surface area contributed by atoms with E-state index in [9.17, 15) is 13.2 Å². The minimum atomic E-state index is -3.65. The lowest BCUT2D eigenvalue weighted by Gasteiger charge is -2.36. The minimum absolute atomic E-state index is 0.0943. The number of hydrogen-bond acceptors (Lipinski definition) is 4. The van der Waals surface area contributed by atoms with Crippen LogP contribution in [0.25, 0.3) is 0 Å². The summed E-state index contributed by atoms with van der Waals surface area (Å²) in [4.78, 5) is 17.1. The monoisotopic (exact) mass is 435 g/mol. The van der Waals surface area contributed by atoms with Crippen LogP contribution in [0.2, 0.25) is 5.02 Å². The van der Waals surface area contributed by atoms with Gasteiger partial charge in [0.05, 0.1) is 15.5 Å². The number of carbonyl (C=O) groups excluding carboxylic acids is 1. The molecule has 0 spiro atoms. The zero-order valence-corrected chi connectivity index (χ0v) is 18.3. The molecule has 1 fully saturated rings. The molecule has 2 aromatic rings. The molecule has 1 saturated heterocycles. The van der Waals surface area contributed by atoms with Gasteiger partial charge in [-0.3, -0.25) is 4.79 Å². The molecule has 1 aliphatic rings. The summed E-state index contributed by atoms with van der Waals surface area (Å²) in [6.45, 7) is 6.84. The van der Waals surface area contributed by atoms with E-state index in [1.54, 1.807) is 18.7 Å². The third-order valence-corrected chi connectivity index (χ3v) is 7.58. The number of benzene rings is 2. The van der Waals surface area contributed by atoms with Crippen molar-refractivity contribution in [1.29, 1.82) is 0 Å². The quantitative estimate of drug-likeness (QED) is 0.698. The number of hydrogen-bond donors (Lipinski definition) is 0. The zero-order chi connectivity index (χ0) is 21.0. The van der Waals surface area contributed by atoms with Crippen LogP contribution in [0.4, 0.5) is 5.69 Å². The molecule has 0 bridgehead atoms. The molecule has 0 N–H and O–H groups in total. The molecule has 29 heavy (non-hydrogen) atoms. The van der Waals surface area contributed by atoms with Crippen LogP contribution < -0.4 is 4.90 Å². The van der Waals surface area contributed by atoms with Crippen LogP contribution in [0.3, 0.4) is 0 Å². The van der Waals surface area contributed by atoms with E-state index in [1.807, 2.05) is 18.2 Å². The molecule has 2 aromatic carbocycles. The molecule has 3 rings (SSSR count). The van der Waals surface area contributed by atoms with Crippen molar-refractivity contribution in [2.45, 2.75) is 18.7 Å². The Labute approximate surface area is 177 Å². The molecule has 6 nitrogen and oxygen atoms in total. The van der Waals surface area contributed by atoms with Crippen LogP contribution in [0.15, 0.2) is 53.4 Å². The fraction of sp³-hybridized carbons (Fsp3) is 0.381. The van der Waals surface area contributed by atoms with Gasteiger partial charge < -0.3 is 9.80 Å². The number of amides is 1. The summed E-state index contributed by atoms with van der Waals surface area (Å²) in [5.74, 6) is -0.237. The number of para-hydroxylation sites is 1. The summed E-state index contributed by atoms with van der Waals surface area (Å²) in [5.41, 5.74) is 1.36.